The van der Waals surface area contributed by atoms with E-state index in [0.29, 0.717) is 12.5 Å². The summed E-state index contributed by atoms with van der Waals surface area (Å²) in [5, 5.41) is 6.57. The van der Waals surface area contributed by atoms with Gasteiger partial charge in [0, 0.05) is 18.5 Å². The number of rotatable bonds is 5. The first-order chi connectivity index (χ1) is 10.1. The number of para-hydroxylation sites is 1. The van der Waals surface area contributed by atoms with Gasteiger partial charge in [0.2, 0.25) is 5.91 Å². The number of piperidine rings is 1. The summed E-state index contributed by atoms with van der Waals surface area (Å²) >= 11 is 0. The average Bonchev–Trinajstić information content (AvgIpc) is 2.49. The second-order valence-electron chi connectivity index (χ2n) is 5.91. The number of nitrogens with one attached hydrogen (secondary N) is 2. The monoisotopic (exact) mass is 290 g/mol. The van der Waals surface area contributed by atoms with Crippen molar-refractivity contribution in [2.75, 3.05) is 13.7 Å². The van der Waals surface area contributed by atoms with Gasteiger partial charge in [0.25, 0.3) is 0 Å². The Morgan fingerprint density at radius 3 is 2.95 bits per heavy atom. The van der Waals surface area contributed by atoms with Gasteiger partial charge >= 0.3 is 0 Å². The van der Waals surface area contributed by atoms with E-state index in [4.69, 9.17) is 4.74 Å². The molecule has 21 heavy (non-hydrogen) atoms. The standard InChI is InChI=1S/C17H26N2O2/c1-12(14-7-4-5-9-16(14)21-3)11-17(20)19-15-8-6-10-18-13(15)2/h4-5,7,9,12-13,15,18H,6,8,10-11H2,1-3H3,(H,19,20). The van der Waals surface area contributed by atoms with Gasteiger partial charge in [-0.05, 0) is 43.9 Å². The van der Waals surface area contributed by atoms with Gasteiger partial charge in [0.05, 0.1) is 7.11 Å². The van der Waals surface area contributed by atoms with Crippen molar-refractivity contribution >= 4 is 5.91 Å². The predicted octanol–water partition coefficient (Wildman–Crippen LogP) is 2.45. The number of carbonyl (C=O) groups excluding carboxylic acids is 1. The largest absolute Gasteiger partial charge is 0.496 e. The van der Waals surface area contributed by atoms with Gasteiger partial charge in [-0.15, -0.1) is 0 Å². The van der Waals surface area contributed by atoms with Crippen LogP contribution in [-0.4, -0.2) is 31.6 Å². The fourth-order valence-electron chi connectivity index (χ4n) is 2.97. The molecule has 1 saturated heterocycles. The molecule has 0 radical (unpaired) electrons. The Kier molecular flexibility index (Phi) is 5.62. The van der Waals surface area contributed by atoms with Crippen molar-refractivity contribution in [1.29, 1.82) is 0 Å². The molecule has 1 fully saturated rings. The fraction of sp³-hybridized carbons (Fsp3) is 0.588. The molecule has 1 amide bonds. The summed E-state index contributed by atoms with van der Waals surface area (Å²) in [5.41, 5.74) is 1.09. The van der Waals surface area contributed by atoms with E-state index in [0.717, 1.165) is 30.7 Å². The van der Waals surface area contributed by atoms with E-state index in [-0.39, 0.29) is 17.9 Å². The van der Waals surface area contributed by atoms with E-state index in [1.807, 2.05) is 24.3 Å². The molecule has 1 aromatic carbocycles. The van der Waals surface area contributed by atoms with Crippen LogP contribution in [0, 0.1) is 0 Å². The Morgan fingerprint density at radius 2 is 2.24 bits per heavy atom. The van der Waals surface area contributed by atoms with Gasteiger partial charge in [-0.3, -0.25) is 4.79 Å². The van der Waals surface area contributed by atoms with Crippen molar-refractivity contribution in [1.82, 2.24) is 10.6 Å². The first-order valence-electron chi connectivity index (χ1n) is 7.77. The smallest absolute Gasteiger partial charge is 0.220 e. The van der Waals surface area contributed by atoms with E-state index in [2.05, 4.69) is 24.5 Å². The van der Waals surface area contributed by atoms with Gasteiger partial charge in [0.15, 0.2) is 0 Å². The Morgan fingerprint density at radius 1 is 1.48 bits per heavy atom. The van der Waals surface area contributed by atoms with Gasteiger partial charge in [-0.1, -0.05) is 25.1 Å². The zero-order chi connectivity index (χ0) is 15.2. The van der Waals surface area contributed by atoms with Crippen LogP contribution in [0.25, 0.3) is 0 Å². The Hall–Kier alpha value is -1.55. The number of ether oxygens (including phenoxy) is 1. The van der Waals surface area contributed by atoms with Crippen LogP contribution in [0.4, 0.5) is 0 Å². The molecule has 0 saturated carbocycles. The molecule has 2 rings (SSSR count). The second kappa shape index (κ2) is 7.46. The molecule has 1 aromatic rings. The topological polar surface area (TPSA) is 50.4 Å². The third kappa shape index (κ3) is 4.21. The van der Waals surface area contributed by atoms with E-state index in [9.17, 15) is 4.79 Å². The molecule has 0 spiro atoms. The molecule has 3 atom stereocenters. The zero-order valence-corrected chi connectivity index (χ0v) is 13.2. The number of hydrogen-bond donors (Lipinski definition) is 2. The first kappa shape index (κ1) is 15.8. The number of methoxy groups -OCH3 is 1. The molecule has 1 aliphatic heterocycles. The van der Waals surface area contributed by atoms with Crippen LogP contribution < -0.4 is 15.4 Å². The van der Waals surface area contributed by atoms with Crippen LogP contribution in [0.1, 0.15) is 44.6 Å². The number of hydrogen-bond acceptors (Lipinski definition) is 3. The van der Waals surface area contributed by atoms with Crippen molar-refractivity contribution in [3.05, 3.63) is 29.8 Å². The highest BCUT2D eigenvalue weighted by molar-refractivity contribution is 5.77. The summed E-state index contributed by atoms with van der Waals surface area (Å²) in [6, 6.07) is 8.50. The molecule has 0 aliphatic carbocycles. The van der Waals surface area contributed by atoms with Crippen molar-refractivity contribution in [3.8, 4) is 5.75 Å². The van der Waals surface area contributed by atoms with Crippen LogP contribution >= 0.6 is 0 Å². The highest BCUT2D eigenvalue weighted by Gasteiger charge is 2.23. The molecule has 1 aliphatic rings. The van der Waals surface area contributed by atoms with Crippen LogP contribution in [-0.2, 0) is 4.79 Å². The third-order valence-electron chi connectivity index (χ3n) is 4.27. The van der Waals surface area contributed by atoms with E-state index < -0.39 is 0 Å². The molecule has 0 aromatic heterocycles. The molecular weight excluding hydrogens is 264 g/mol. The maximum Gasteiger partial charge on any atom is 0.220 e. The molecule has 0 bridgehead atoms. The highest BCUT2D eigenvalue weighted by atomic mass is 16.5. The minimum absolute atomic E-state index is 0.119. The van der Waals surface area contributed by atoms with Gasteiger partial charge in [-0.2, -0.15) is 0 Å². The average molecular weight is 290 g/mol. The minimum Gasteiger partial charge on any atom is -0.496 e. The first-order valence-corrected chi connectivity index (χ1v) is 7.77. The quantitative estimate of drug-likeness (QED) is 0.876. The predicted molar refractivity (Wildman–Crippen MR) is 84.7 cm³/mol. The SMILES string of the molecule is COc1ccccc1C(C)CC(=O)NC1CCCNC1C. The summed E-state index contributed by atoms with van der Waals surface area (Å²) in [5.74, 6) is 1.12. The number of benzene rings is 1. The van der Waals surface area contributed by atoms with Gasteiger partial charge in [-0.25, -0.2) is 0 Å². The molecule has 4 heteroatoms. The Bertz CT molecular complexity index is 476. The lowest BCUT2D eigenvalue weighted by Gasteiger charge is -2.31. The van der Waals surface area contributed by atoms with Crippen LogP contribution in [0.5, 0.6) is 5.75 Å². The van der Waals surface area contributed by atoms with Gasteiger partial charge < -0.3 is 15.4 Å². The lowest BCUT2D eigenvalue weighted by Crippen LogP contribution is -2.52. The molecule has 1 heterocycles. The van der Waals surface area contributed by atoms with Crippen molar-refractivity contribution in [2.45, 2.75) is 51.1 Å². The molecule has 3 unspecified atom stereocenters. The zero-order valence-electron chi connectivity index (χ0n) is 13.2. The fourth-order valence-corrected chi connectivity index (χ4v) is 2.97. The molecule has 2 N–H and O–H groups in total. The second-order valence-corrected chi connectivity index (χ2v) is 5.91. The van der Waals surface area contributed by atoms with E-state index >= 15 is 0 Å². The summed E-state index contributed by atoms with van der Waals surface area (Å²) in [7, 11) is 1.67. The maximum atomic E-state index is 12.3. The minimum atomic E-state index is 0.119. The van der Waals surface area contributed by atoms with Crippen LogP contribution in [0.3, 0.4) is 0 Å². The molecule has 116 valence electrons. The molecular formula is C17H26N2O2. The normalized spacial score (nSPS) is 23.4. The van der Waals surface area contributed by atoms with E-state index in [1.165, 1.54) is 0 Å². The van der Waals surface area contributed by atoms with Crippen molar-refractivity contribution in [3.63, 3.8) is 0 Å². The van der Waals surface area contributed by atoms with Crippen molar-refractivity contribution < 1.29 is 9.53 Å². The van der Waals surface area contributed by atoms with Crippen LogP contribution in [0.15, 0.2) is 24.3 Å². The number of carbonyl (C=O) groups is 1. The van der Waals surface area contributed by atoms with Crippen molar-refractivity contribution in [2.24, 2.45) is 0 Å². The summed E-state index contributed by atoms with van der Waals surface area (Å²) in [6.45, 7) is 5.25. The summed E-state index contributed by atoms with van der Waals surface area (Å²) in [4.78, 5) is 12.3. The Balaban J connectivity index is 1.92. The van der Waals surface area contributed by atoms with Gasteiger partial charge in [0.1, 0.15) is 5.75 Å². The molecule has 4 nitrogen and oxygen atoms in total. The highest BCUT2D eigenvalue weighted by Crippen LogP contribution is 2.28. The summed E-state index contributed by atoms with van der Waals surface area (Å²) in [6.07, 6.45) is 2.67. The third-order valence-corrected chi connectivity index (χ3v) is 4.27. The maximum absolute atomic E-state index is 12.3. The van der Waals surface area contributed by atoms with Crippen LogP contribution in [0.2, 0.25) is 0 Å². The summed E-state index contributed by atoms with van der Waals surface area (Å²) < 4.78 is 5.37. The lowest BCUT2D eigenvalue weighted by atomic mass is 9.95. The number of amides is 1. The Labute approximate surface area is 127 Å². The lowest BCUT2D eigenvalue weighted by molar-refractivity contribution is -0.122. The van der Waals surface area contributed by atoms with E-state index in [1.54, 1.807) is 7.11 Å².